The van der Waals surface area contributed by atoms with Gasteiger partial charge in [0.25, 0.3) is 5.91 Å². The van der Waals surface area contributed by atoms with Gasteiger partial charge in [0.15, 0.2) is 11.5 Å². The van der Waals surface area contributed by atoms with E-state index in [4.69, 9.17) is 0 Å². The Morgan fingerprint density at radius 1 is 1.15 bits per heavy atom. The van der Waals surface area contributed by atoms with Gasteiger partial charge in [-0.3, -0.25) is 9.20 Å². The zero-order valence-electron chi connectivity index (χ0n) is 15.5. The highest BCUT2D eigenvalue weighted by Crippen LogP contribution is 2.25. The lowest BCUT2D eigenvalue weighted by atomic mass is 9.91. The van der Waals surface area contributed by atoms with Crippen LogP contribution in [0.15, 0.2) is 48.7 Å². The lowest BCUT2D eigenvalue weighted by molar-refractivity contribution is 0.0196. The molecule has 140 valence electrons. The van der Waals surface area contributed by atoms with E-state index in [1.807, 2.05) is 64.9 Å². The van der Waals surface area contributed by atoms with E-state index in [0.717, 1.165) is 42.7 Å². The van der Waals surface area contributed by atoms with Gasteiger partial charge in [-0.1, -0.05) is 31.0 Å². The highest BCUT2D eigenvalue weighted by Gasteiger charge is 2.31. The third-order valence-electron chi connectivity index (χ3n) is 5.40. The summed E-state index contributed by atoms with van der Waals surface area (Å²) < 4.78 is 1.92. The van der Waals surface area contributed by atoms with Crippen molar-refractivity contribution in [1.82, 2.24) is 19.5 Å². The first-order valence-corrected chi connectivity index (χ1v) is 9.58. The van der Waals surface area contributed by atoms with E-state index in [0.29, 0.717) is 12.1 Å². The highest BCUT2D eigenvalue weighted by molar-refractivity contribution is 5.95. The number of amides is 1. The molecule has 2 aromatic heterocycles. The Labute approximate surface area is 158 Å². The number of aromatic nitrogens is 3. The van der Waals surface area contributed by atoms with Crippen LogP contribution >= 0.6 is 0 Å². The SMILES string of the molecule is CCN(C(=O)c1ccc(-c2nnc3ccccn23)cc1)[C@@H]1CCCC[C@H]1O. The molecule has 6 nitrogen and oxygen atoms in total. The predicted octanol–water partition coefficient (Wildman–Crippen LogP) is 3.16. The number of rotatable bonds is 4. The van der Waals surface area contributed by atoms with E-state index in [9.17, 15) is 9.90 Å². The summed E-state index contributed by atoms with van der Waals surface area (Å²) in [4.78, 5) is 14.8. The number of hydrogen-bond donors (Lipinski definition) is 1. The second kappa shape index (κ2) is 7.48. The summed E-state index contributed by atoms with van der Waals surface area (Å²) in [5.41, 5.74) is 2.33. The zero-order chi connectivity index (χ0) is 18.8. The Morgan fingerprint density at radius 2 is 1.93 bits per heavy atom. The molecule has 2 heterocycles. The van der Waals surface area contributed by atoms with Crippen molar-refractivity contribution in [2.45, 2.75) is 44.8 Å². The molecule has 1 saturated carbocycles. The van der Waals surface area contributed by atoms with Crippen LogP contribution in [0.2, 0.25) is 0 Å². The van der Waals surface area contributed by atoms with Crippen molar-refractivity contribution in [2.24, 2.45) is 0 Å². The third kappa shape index (κ3) is 3.32. The monoisotopic (exact) mass is 364 g/mol. The van der Waals surface area contributed by atoms with Crippen LogP contribution in [0.4, 0.5) is 0 Å². The number of carbonyl (C=O) groups excluding carboxylic acids is 1. The summed E-state index contributed by atoms with van der Waals surface area (Å²) in [5, 5.41) is 18.8. The van der Waals surface area contributed by atoms with Crippen LogP contribution in [0, 0.1) is 0 Å². The maximum absolute atomic E-state index is 13.0. The molecule has 0 radical (unpaired) electrons. The van der Waals surface area contributed by atoms with Crippen molar-refractivity contribution >= 4 is 11.6 Å². The molecule has 3 aromatic rings. The molecule has 0 spiro atoms. The minimum absolute atomic E-state index is 0.0268. The number of fused-ring (bicyclic) bond motifs is 1. The van der Waals surface area contributed by atoms with Gasteiger partial charge in [-0.05, 0) is 44.0 Å². The molecule has 27 heavy (non-hydrogen) atoms. The maximum Gasteiger partial charge on any atom is 0.254 e. The van der Waals surface area contributed by atoms with Crippen LogP contribution < -0.4 is 0 Å². The summed E-state index contributed by atoms with van der Waals surface area (Å²) >= 11 is 0. The molecular weight excluding hydrogens is 340 g/mol. The number of benzene rings is 1. The van der Waals surface area contributed by atoms with Crippen molar-refractivity contribution in [3.63, 3.8) is 0 Å². The van der Waals surface area contributed by atoms with E-state index >= 15 is 0 Å². The van der Waals surface area contributed by atoms with E-state index in [1.165, 1.54) is 0 Å². The first-order chi connectivity index (χ1) is 13.2. The van der Waals surface area contributed by atoms with Gasteiger partial charge in [-0.15, -0.1) is 10.2 Å². The molecular formula is C21H24N4O2. The largest absolute Gasteiger partial charge is 0.391 e. The van der Waals surface area contributed by atoms with Gasteiger partial charge in [0, 0.05) is 23.9 Å². The number of carbonyl (C=O) groups is 1. The Hall–Kier alpha value is -2.73. The zero-order valence-corrected chi connectivity index (χ0v) is 15.5. The average Bonchev–Trinajstić information content (AvgIpc) is 3.14. The number of hydrogen-bond acceptors (Lipinski definition) is 4. The molecule has 0 aliphatic heterocycles. The molecule has 6 heteroatoms. The highest BCUT2D eigenvalue weighted by atomic mass is 16.3. The van der Waals surface area contributed by atoms with Crippen LogP contribution in [0.25, 0.3) is 17.0 Å². The Kier molecular flexibility index (Phi) is 4.90. The second-order valence-corrected chi connectivity index (χ2v) is 7.04. The summed E-state index contributed by atoms with van der Waals surface area (Å²) in [5.74, 6) is 0.723. The maximum atomic E-state index is 13.0. The fourth-order valence-electron chi connectivity index (χ4n) is 3.95. The van der Waals surface area contributed by atoms with Gasteiger partial charge >= 0.3 is 0 Å². The first kappa shape index (κ1) is 17.7. The Bertz CT molecular complexity index is 935. The first-order valence-electron chi connectivity index (χ1n) is 9.58. The smallest absolute Gasteiger partial charge is 0.254 e. The van der Waals surface area contributed by atoms with Crippen molar-refractivity contribution in [1.29, 1.82) is 0 Å². The second-order valence-electron chi connectivity index (χ2n) is 7.04. The predicted molar refractivity (Wildman–Crippen MR) is 103 cm³/mol. The van der Waals surface area contributed by atoms with Crippen molar-refractivity contribution in [3.05, 3.63) is 54.2 Å². The number of aliphatic hydroxyl groups excluding tert-OH is 1. The molecule has 1 aliphatic rings. The van der Waals surface area contributed by atoms with Crippen LogP contribution in [-0.4, -0.2) is 49.2 Å². The summed E-state index contributed by atoms with van der Waals surface area (Å²) in [7, 11) is 0. The minimum atomic E-state index is -0.427. The van der Waals surface area contributed by atoms with Crippen molar-refractivity contribution in [2.75, 3.05) is 6.54 Å². The quantitative estimate of drug-likeness (QED) is 0.772. The lowest BCUT2D eigenvalue weighted by Gasteiger charge is -2.37. The third-order valence-corrected chi connectivity index (χ3v) is 5.40. The van der Waals surface area contributed by atoms with E-state index in [1.54, 1.807) is 0 Å². The standard InChI is InChI=1S/C21H24N4O2/c1-2-24(17-7-3-4-8-18(17)26)21(27)16-12-10-15(11-13-16)20-23-22-19-9-5-6-14-25(19)20/h5-6,9-14,17-18,26H,2-4,7-8H2,1H3/t17-,18-/m1/s1. The molecule has 1 aromatic carbocycles. The Balaban J connectivity index is 1.58. The Morgan fingerprint density at radius 3 is 2.67 bits per heavy atom. The van der Waals surface area contributed by atoms with Gasteiger partial charge in [0.05, 0.1) is 12.1 Å². The van der Waals surface area contributed by atoms with Crippen molar-refractivity contribution in [3.8, 4) is 11.4 Å². The van der Waals surface area contributed by atoms with E-state index in [-0.39, 0.29) is 11.9 Å². The summed E-state index contributed by atoms with van der Waals surface area (Å²) in [6.45, 7) is 2.56. The molecule has 0 saturated heterocycles. The van der Waals surface area contributed by atoms with Crippen LogP contribution in [0.1, 0.15) is 43.0 Å². The van der Waals surface area contributed by atoms with E-state index in [2.05, 4.69) is 10.2 Å². The molecule has 1 amide bonds. The van der Waals surface area contributed by atoms with Crippen LogP contribution in [0.3, 0.4) is 0 Å². The number of likely N-dealkylation sites (N-methyl/N-ethyl adjacent to an activating group) is 1. The summed E-state index contributed by atoms with van der Waals surface area (Å²) in [6, 6.07) is 13.2. The van der Waals surface area contributed by atoms with Gasteiger partial charge in [-0.25, -0.2) is 0 Å². The molecule has 2 atom stereocenters. The number of nitrogens with zero attached hydrogens (tertiary/aromatic N) is 4. The minimum Gasteiger partial charge on any atom is -0.391 e. The van der Waals surface area contributed by atoms with Gasteiger partial charge in [-0.2, -0.15) is 0 Å². The summed E-state index contributed by atoms with van der Waals surface area (Å²) in [6.07, 6.45) is 5.23. The van der Waals surface area contributed by atoms with Crippen LogP contribution in [-0.2, 0) is 0 Å². The van der Waals surface area contributed by atoms with Gasteiger partial charge in [0.1, 0.15) is 0 Å². The fraction of sp³-hybridized carbons (Fsp3) is 0.381. The number of pyridine rings is 1. The lowest BCUT2D eigenvalue weighted by Crippen LogP contribution is -2.48. The average molecular weight is 364 g/mol. The molecule has 1 aliphatic carbocycles. The van der Waals surface area contributed by atoms with Crippen LogP contribution in [0.5, 0.6) is 0 Å². The molecule has 0 unspecified atom stereocenters. The molecule has 1 fully saturated rings. The normalized spacial score (nSPS) is 19.9. The van der Waals surface area contributed by atoms with Gasteiger partial charge < -0.3 is 10.0 Å². The fourth-order valence-corrected chi connectivity index (χ4v) is 3.95. The molecule has 4 rings (SSSR count). The van der Waals surface area contributed by atoms with Gasteiger partial charge in [0.2, 0.25) is 0 Å². The van der Waals surface area contributed by atoms with E-state index < -0.39 is 6.10 Å². The number of aliphatic hydroxyl groups is 1. The van der Waals surface area contributed by atoms with Crippen molar-refractivity contribution < 1.29 is 9.90 Å². The topological polar surface area (TPSA) is 70.7 Å². The molecule has 1 N–H and O–H groups in total. The molecule has 0 bridgehead atoms.